The molecule has 4 rings (SSSR count). The first-order valence-corrected chi connectivity index (χ1v) is 8.42. The van der Waals surface area contributed by atoms with Gasteiger partial charge >= 0.3 is 0 Å². The lowest BCUT2D eigenvalue weighted by Gasteiger charge is -2.17. The van der Waals surface area contributed by atoms with Gasteiger partial charge < -0.3 is 0 Å². The van der Waals surface area contributed by atoms with E-state index in [2.05, 4.69) is 30.2 Å². The molecule has 4 heterocycles. The summed E-state index contributed by atoms with van der Waals surface area (Å²) in [6.07, 6.45) is 10.3. The molecule has 22 heavy (non-hydrogen) atoms. The smallest absolute Gasteiger partial charge is 0.235 e. The first-order chi connectivity index (χ1) is 10.9. The van der Waals surface area contributed by atoms with E-state index >= 15 is 0 Å². The van der Waals surface area contributed by atoms with E-state index in [1.165, 1.54) is 37.0 Å². The maximum Gasteiger partial charge on any atom is 0.235 e. The SMILES string of the molecule is c1cnc(-c2nn3c(CN4CCCCCC4)nnc3s2)cn1. The van der Waals surface area contributed by atoms with Crippen LogP contribution in [-0.2, 0) is 6.54 Å². The van der Waals surface area contributed by atoms with Crippen LogP contribution in [0.2, 0.25) is 0 Å². The molecule has 8 heteroatoms. The fourth-order valence-electron chi connectivity index (χ4n) is 2.76. The van der Waals surface area contributed by atoms with E-state index in [1.54, 1.807) is 18.6 Å². The molecule has 0 amide bonds. The third-order valence-electron chi connectivity index (χ3n) is 3.90. The number of fused-ring (bicyclic) bond motifs is 1. The quantitative estimate of drug-likeness (QED) is 0.736. The maximum atomic E-state index is 4.61. The van der Waals surface area contributed by atoms with Crippen molar-refractivity contribution in [3.63, 3.8) is 0 Å². The molecular weight excluding hydrogens is 298 g/mol. The molecule has 0 bridgehead atoms. The lowest BCUT2D eigenvalue weighted by atomic mass is 10.2. The summed E-state index contributed by atoms with van der Waals surface area (Å²) >= 11 is 1.49. The van der Waals surface area contributed by atoms with Gasteiger partial charge in [-0.05, 0) is 25.9 Å². The van der Waals surface area contributed by atoms with Crippen LogP contribution in [0.5, 0.6) is 0 Å². The third-order valence-corrected chi connectivity index (χ3v) is 4.82. The summed E-state index contributed by atoms with van der Waals surface area (Å²) in [5.74, 6) is 0.906. The van der Waals surface area contributed by atoms with Crippen LogP contribution >= 0.6 is 11.3 Å². The lowest BCUT2D eigenvalue weighted by Crippen LogP contribution is -2.25. The van der Waals surface area contributed by atoms with Gasteiger partial charge in [-0.25, -0.2) is 0 Å². The molecule has 1 aliphatic rings. The molecular formula is C14H17N7S. The predicted molar refractivity (Wildman–Crippen MR) is 83.4 cm³/mol. The maximum absolute atomic E-state index is 4.61. The van der Waals surface area contributed by atoms with Crippen molar-refractivity contribution in [1.29, 1.82) is 0 Å². The highest BCUT2D eigenvalue weighted by Crippen LogP contribution is 2.23. The van der Waals surface area contributed by atoms with Gasteiger partial charge in [0.15, 0.2) is 10.8 Å². The zero-order chi connectivity index (χ0) is 14.8. The minimum absolute atomic E-state index is 0.777. The average molecular weight is 315 g/mol. The third kappa shape index (κ3) is 2.71. The summed E-state index contributed by atoms with van der Waals surface area (Å²) in [4.78, 5) is 11.6. The van der Waals surface area contributed by atoms with Crippen LogP contribution in [0.15, 0.2) is 18.6 Å². The Morgan fingerprint density at radius 1 is 1.05 bits per heavy atom. The van der Waals surface area contributed by atoms with Crippen molar-refractivity contribution < 1.29 is 0 Å². The molecule has 3 aromatic heterocycles. The summed E-state index contributed by atoms with van der Waals surface area (Å²) in [5, 5.41) is 14.0. The standard InChI is InChI=1S/C14H17N7S/c1-2-4-8-20(7-3-1)10-12-17-18-14-21(12)19-13(22-14)11-9-15-5-6-16-11/h5-6,9H,1-4,7-8,10H2. The molecule has 0 spiro atoms. The minimum Gasteiger partial charge on any atom is -0.296 e. The molecule has 1 aliphatic heterocycles. The van der Waals surface area contributed by atoms with Gasteiger partial charge in [-0.15, -0.1) is 10.2 Å². The van der Waals surface area contributed by atoms with Crippen LogP contribution < -0.4 is 0 Å². The number of aromatic nitrogens is 6. The summed E-state index contributed by atoms with van der Waals surface area (Å²) in [6.45, 7) is 3.08. The van der Waals surface area contributed by atoms with E-state index in [4.69, 9.17) is 0 Å². The Morgan fingerprint density at radius 2 is 1.91 bits per heavy atom. The van der Waals surface area contributed by atoms with Crippen molar-refractivity contribution >= 4 is 16.3 Å². The van der Waals surface area contributed by atoms with Crippen LogP contribution in [0, 0.1) is 0 Å². The Labute approximate surface area is 132 Å². The largest absolute Gasteiger partial charge is 0.296 e. The van der Waals surface area contributed by atoms with E-state index < -0.39 is 0 Å². The topological polar surface area (TPSA) is 72.1 Å². The fourth-order valence-corrected chi connectivity index (χ4v) is 3.58. The molecule has 0 aromatic carbocycles. The van der Waals surface area contributed by atoms with Gasteiger partial charge in [-0.3, -0.25) is 14.9 Å². The molecule has 3 aromatic rings. The van der Waals surface area contributed by atoms with Crippen LogP contribution in [-0.4, -0.2) is 47.8 Å². The molecule has 114 valence electrons. The summed E-state index contributed by atoms with van der Waals surface area (Å²) in [6, 6.07) is 0. The number of hydrogen-bond acceptors (Lipinski definition) is 7. The Morgan fingerprint density at radius 3 is 2.68 bits per heavy atom. The zero-order valence-electron chi connectivity index (χ0n) is 12.2. The van der Waals surface area contributed by atoms with Crippen molar-refractivity contribution in [2.24, 2.45) is 0 Å². The number of nitrogens with zero attached hydrogens (tertiary/aromatic N) is 7. The van der Waals surface area contributed by atoms with E-state index in [0.717, 1.165) is 41.1 Å². The van der Waals surface area contributed by atoms with Gasteiger partial charge in [-0.2, -0.15) is 9.61 Å². The first kappa shape index (κ1) is 13.7. The van der Waals surface area contributed by atoms with Crippen LogP contribution in [0.25, 0.3) is 15.7 Å². The second kappa shape index (κ2) is 6.05. The van der Waals surface area contributed by atoms with Gasteiger partial charge in [0.05, 0.1) is 12.7 Å². The zero-order valence-corrected chi connectivity index (χ0v) is 13.0. The van der Waals surface area contributed by atoms with E-state index in [9.17, 15) is 0 Å². The van der Waals surface area contributed by atoms with Crippen molar-refractivity contribution in [1.82, 2.24) is 34.7 Å². The Balaban J connectivity index is 1.60. The van der Waals surface area contributed by atoms with Gasteiger partial charge in [0, 0.05) is 12.4 Å². The van der Waals surface area contributed by atoms with Gasteiger partial charge in [0.1, 0.15) is 5.69 Å². The molecule has 0 saturated carbocycles. The lowest BCUT2D eigenvalue weighted by molar-refractivity contribution is 0.268. The van der Waals surface area contributed by atoms with E-state index in [1.807, 2.05) is 4.52 Å². The summed E-state index contributed by atoms with van der Waals surface area (Å²) in [7, 11) is 0. The van der Waals surface area contributed by atoms with Crippen molar-refractivity contribution in [3.05, 3.63) is 24.4 Å². The van der Waals surface area contributed by atoms with Crippen molar-refractivity contribution in [2.75, 3.05) is 13.1 Å². The summed E-state index contributed by atoms with van der Waals surface area (Å²) < 4.78 is 1.85. The highest BCUT2D eigenvalue weighted by Gasteiger charge is 2.17. The van der Waals surface area contributed by atoms with E-state index in [0.29, 0.717) is 0 Å². The molecule has 0 radical (unpaired) electrons. The Kier molecular flexibility index (Phi) is 3.77. The number of likely N-dealkylation sites (tertiary alicyclic amines) is 1. The average Bonchev–Trinajstić information content (AvgIpc) is 3.03. The highest BCUT2D eigenvalue weighted by atomic mass is 32.1. The number of hydrogen-bond donors (Lipinski definition) is 0. The van der Waals surface area contributed by atoms with Gasteiger partial charge in [0.25, 0.3) is 0 Å². The van der Waals surface area contributed by atoms with Crippen LogP contribution in [0.3, 0.4) is 0 Å². The Hall–Kier alpha value is -1.93. The second-order valence-corrected chi connectivity index (χ2v) is 6.45. The molecule has 0 N–H and O–H groups in total. The van der Waals surface area contributed by atoms with E-state index in [-0.39, 0.29) is 0 Å². The Bertz CT molecular complexity index is 743. The number of rotatable bonds is 3. The predicted octanol–water partition coefficient (Wildman–Crippen LogP) is 2.02. The molecule has 7 nitrogen and oxygen atoms in total. The first-order valence-electron chi connectivity index (χ1n) is 7.60. The van der Waals surface area contributed by atoms with Crippen molar-refractivity contribution in [2.45, 2.75) is 32.2 Å². The highest BCUT2D eigenvalue weighted by molar-refractivity contribution is 7.19. The van der Waals surface area contributed by atoms with Gasteiger partial charge in [0.2, 0.25) is 4.96 Å². The minimum atomic E-state index is 0.777. The molecule has 1 fully saturated rings. The molecule has 0 unspecified atom stereocenters. The fraction of sp³-hybridized carbons (Fsp3) is 0.500. The monoisotopic (exact) mass is 315 g/mol. The molecule has 0 aliphatic carbocycles. The normalized spacial score (nSPS) is 16.9. The second-order valence-electron chi connectivity index (χ2n) is 5.50. The van der Waals surface area contributed by atoms with Crippen LogP contribution in [0.4, 0.5) is 0 Å². The van der Waals surface area contributed by atoms with Crippen molar-refractivity contribution in [3.8, 4) is 10.7 Å². The molecule has 0 atom stereocenters. The summed E-state index contributed by atoms with van der Waals surface area (Å²) in [5.41, 5.74) is 0.777. The van der Waals surface area contributed by atoms with Gasteiger partial charge in [-0.1, -0.05) is 24.2 Å². The van der Waals surface area contributed by atoms with Crippen LogP contribution in [0.1, 0.15) is 31.5 Å². The molecule has 1 saturated heterocycles.